The van der Waals surface area contributed by atoms with E-state index < -0.39 is 11.9 Å². The Morgan fingerprint density at radius 2 is 2.16 bits per heavy atom. The van der Waals surface area contributed by atoms with Crippen molar-refractivity contribution in [2.45, 2.75) is 13.3 Å². The van der Waals surface area contributed by atoms with Crippen molar-refractivity contribution in [3.63, 3.8) is 0 Å². The van der Waals surface area contributed by atoms with E-state index in [4.69, 9.17) is 14.9 Å². The van der Waals surface area contributed by atoms with Gasteiger partial charge in [-0.15, -0.1) is 0 Å². The third-order valence-corrected chi connectivity index (χ3v) is 2.56. The number of ether oxygens (including phenoxy) is 1. The molecule has 2 N–H and O–H groups in total. The summed E-state index contributed by atoms with van der Waals surface area (Å²) in [6, 6.07) is 3.24. The van der Waals surface area contributed by atoms with Crippen LogP contribution in [0.15, 0.2) is 18.3 Å². The number of aromatic nitrogens is 2. The fourth-order valence-electron chi connectivity index (χ4n) is 1.77. The largest absolute Gasteiger partial charge is 0.489 e. The number of rotatable bonds is 5. The molecule has 2 heterocycles. The molecule has 0 amide bonds. The molecule has 2 aromatic heterocycles. The number of imidazole rings is 1. The molecule has 0 radical (unpaired) electrons. The summed E-state index contributed by atoms with van der Waals surface area (Å²) < 4.78 is 6.73. The number of carboxylic acids is 2. The number of carbonyl (C=O) groups is 2. The molecule has 0 aliphatic carbocycles. The highest BCUT2D eigenvalue weighted by atomic mass is 16.5. The average molecular weight is 264 g/mol. The van der Waals surface area contributed by atoms with Gasteiger partial charge >= 0.3 is 11.9 Å². The summed E-state index contributed by atoms with van der Waals surface area (Å²) in [5.41, 5.74) is 0.809. The van der Waals surface area contributed by atoms with E-state index in [1.807, 2.05) is 0 Å². The first-order chi connectivity index (χ1) is 9.00. The Bertz CT molecular complexity index is 647. The molecular weight excluding hydrogens is 252 g/mol. The third kappa shape index (κ3) is 2.49. The molecule has 7 nitrogen and oxygen atoms in total. The van der Waals surface area contributed by atoms with Crippen molar-refractivity contribution >= 4 is 17.6 Å². The first-order valence-corrected chi connectivity index (χ1v) is 5.56. The number of aryl methyl sites for hydroxylation is 1. The number of hydrogen-bond donors (Lipinski definition) is 2. The minimum absolute atomic E-state index is 0.00329. The second-order valence-electron chi connectivity index (χ2n) is 3.91. The summed E-state index contributed by atoms with van der Waals surface area (Å²) in [7, 11) is 0. The number of aromatic carboxylic acids is 1. The van der Waals surface area contributed by atoms with E-state index in [0.29, 0.717) is 17.1 Å². The van der Waals surface area contributed by atoms with Gasteiger partial charge < -0.3 is 14.9 Å². The smallest absolute Gasteiger partial charge is 0.354 e. The molecule has 0 aliphatic heterocycles. The van der Waals surface area contributed by atoms with Crippen molar-refractivity contribution in [1.29, 1.82) is 0 Å². The fourth-order valence-corrected chi connectivity index (χ4v) is 1.77. The predicted octanol–water partition coefficient (Wildman–Crippen LogP) is 1.19. The highest BCUT2D eigenvalue weighted by Gasteiger charge is 2.17. The molecule has 0 atom stereocenters. The monoisotopic (exact) mass is 264 g/mol. The Labute approximate surface area is 108 Å². The van der Waals surface area contributed by atoms with Gasteiger partial charge in [-0.3, -0.25) is 9.20 Å². The van der Waals surface area contributed by atoms with Crippen molar-refractivity contribution in [2.24, 2.45) is 0 Å². The highest BCUT2D eigenvalue weighted by Crippen LogP contribution is 2.22. The lowest BCUT2D eigenvalue weighted by atomic mass is 10.3. The molecule has 7 heteroatoms. The van der Waals surface area contributed by atoms with Crippen molar-refractivity contribution in [3.05, 3.63) is 29.7 Å². The zero-order chi connectivity index (χ0) is 14.0. The van der Waals surface area contributed by atoms with Crippen LogP contribution in [0.2, 0.25) is 0 Å². The molecular formula is C12H12N2O5. The maximum Gasteiger partial charge on any atom is 0.354 e. The molecule has 0 fully saturated rings. The van der Waals surface area contributed by atoms with Crippen LogP contribution in [-0.2, 0) is 4.79 Å². The third-order valence-electron chi connectivity index (χ3n) is 2.56. The van der Waals surface area contributed by atoms with Crippen LogP contribution in [0.3, 0.4) is 0 Å². The SMILES string of the molecule is Cc1nc2c(OCCC(=O)O)cccn2c1C(=O)O. The second-order valence-corrected chi connectivity index (χ2v) is 3.91. The zero-order valence-electron chi connectivity index (χ0n) is 10.2. The number of nitrogens with zero attached hydrogens (tertiary/aromatic N) is 2. The van der Waals surface area contributed by atoms with Gasteiger partial charge in [0, 0.05) is 6.20 Å². The van der Waals surface area contributed by atoms with Crippen molar-refractivity contribution in [1.82, 2.24) is 9.38 Å². The molecule has 0 unspecified atom stereocenters. The minimum atomic E-state index is -1.08. The zero-order valence-corrected chi connectivity index (χ0v) is 10.2. The van der Waals surface area contributed by atoms with Crippen LogP contribution in [-0.4, -0.2) is 38.1 Å². The van der Waals surface area contributed by atoms with Gasteiger partial charge in [-0.2, -0.15) is 0 Å². The Hall–Kier alpha value is -2.57. The lowest BCUT2D eigenvalue weighted by Gasteiger charge is -2.06. The first-order valence-electron chi connectivity index (χ1n) is 5.56. The number of aliphatic carboxylic acids is 1. The van der Waals surface area contributed by atoms with Gasteiger partial charge in [-0.25, -0.2) is 9.78 Å². The normalized spacial score (nSPS) is 10.6. The summed E-state index contributed by atoms with van der Waals surface area (Å²) in [6.07, 6.45) is 1.44. The van der Waals surface area contributed by atoms with Crippen LogP contribution in [0.25, 0.3) is 5.65 Å². The van der Waals surface area contributed by atoms with Gasteiger partial charge in [0.15, 0.2) is 17.1 Å². The quantitative estimate of drug-likeness (QED) is 0.841. The topological polar surface area (TPSA) is 101 Å². The highest BCUT2D eigenvalue weighted by molar-refractivity contribution is 5.88. The van der Waals surface area contributed by atoms with E-state index in [2.05, 4.69) is 4.98 Å². The summed E-state index contributed by atoms with van der Waals surface area (Å²) in [6.45, 7) is 1.60. The van der Waals surface area contributed by atoms with Crippen LogP contribution >= 0.6 is 0 Å². The van der Waals surface area contributed by atoms with Crippen molar-refractivity contribution < 1.29 is 24.5 Å². The molecule has 0 aromatic carbocycles. The van der Waals surface area contributed by atoms with E-state index in [0.717, 1.165) is 0 Å². The van der Waals surface area contributed by atoms with Gasteiger partial charge in [-0.05, 0) is 19.1 Å². The van der Waals surface area contributed by atoms with Crippen LogP contribution in [0.1, 0.15) is 22.6 Å². The number of pyridine rings is 1. The second kappa shape index (κ2) is 4.97. The number of carboxylic acid groups (broad SMARTS) is 2. The summed E-state index contributed by atoms with van der Waals surface area (Å²) in [5.74, 6) is -1.68. The van der Waals surface area contributed by atoms with Crippen LogP contribution in [0.4, 0.5) is 0 Å². The van der Waals surface area contributed by atoms with Gasteiger partial charge in [0.25, 0.3) is 0 Å². The van der Waals surface area contributed by atoms with E-state index in [9.17, 15) is 9.59 Å². The standard InChI is InChI=1S/C12H12N2O5/c1-7-10(12(17)18)14-5-2-3-8(11(14)13-7)19-6-4-9(15)16/h2-3,5H,4,6H2,1H3,(H,15,16)(H,17,18). The Morgan fingerprint density at radius 1 is 1.42 bits per heavy atom. The van der Waals surface area contributed by atoms with Crippen molar-refractivity contribution in [3.8, 4) is 5.75 Å². The predicted molar refractivity (Wildman–Crippen MR) is 64.6 cm³/mol. The lowest BCUT2D eigenvalue weighted by molar-refractivity contribution is -0.137. The Morgan fingerprint density at radius 3 is 2.79 bits per heavy atom. The fraction of sp³-hybridized carbons (Fsp3) is 0.250. The van der Waals surface area contributed by atoms with Gasteiger partial charge in [-0.1, -0.05) is 0 Å². The van der Waals surface area contributed by atoms with Gasteiger partial charge in [0.1, 0.15) is 0 Å². The summed E-state index contributed by atoms with van der Waals surface area (Å²) in [5, 5.41) is 17.7. The van der Waals surface area contributed by atoms with Crippen LogP contribution in [0.5, 0.6) is 5.75 Å². The maximum atomic E-state index is 11.1. The number of fused-ring (bicyclic) bond motifs is 1. The Kier molecular flexibility index (Phi) is 3.37. The minimum Gasteiger partial charge on any atom is -0.489 e. The molecule has 0 bridgehead atoms. The summed E-state index contributed by atoms with van der Waals surface area (Å²) >= 11 is 0. The molecule has 2 aromatic rings. The van der Waals surface area contributed by atoms with E-state index >= 15 is 0 Å². The maximum absolute atomic E-state index is 11.1. The van der Waals surface area contributed by atoms with E-state index in [1.165, 1.54) is 4.40 Å². The molecule has 2 rings (SSSR count). The molecule has 0 aliphatic rings. The lowest BCUT2D eigenvalue weighted by Crippen LogP contribution is -2.06. The molecule has 0 spiro atoms. The van der Waals surface area contributed by atoms with E-state index in [-0.39, 0.29) is 18.7 Å². The molecule has 19 heavy (non-hydrogen) atoms. The van der Waals surface area contributed by atoms with Crippen LogP contribution < -0.4 is 4.74 Å². The van der Waals surface area contributed by atoms with Gasteiger partial charge in [0.2, 0.25) is 0 Å². The number of hydrogen-bond acceptors (Lipinski definition) is 4. The first kappa shape index (κ1) is 12.9. The van der Waals surface area contributed by atoms with Crippen LogP contribution in [0, 0.1) is 6.92 Å². The van der Waals surface area contributed by atoms with E-state index in [1.54, 1.807) is 25.3 Å². The van der Waals surface area contributed by atoms with Gasteiger partial charge in [0.05, 0.1) is 18.7 Å². The van der Waals surface area contributed by atoms with Crippen molar-refractivity contribution in [2.75, 3.05) is 6.61 Å². The molecule has 100 valence electrons. The summed E-state index contributed by atoms with van der Waals surface area (Å²) in [4.78, 5) is 25.7. The molecule has 0 saturated carbocycles. The Balaban J connectivity index is 2.38. The average Bonchev–Trinajstić information content (AvgIpc) is 2.65. The molecule has 0 saturated heterocycles.